The van der Waals surface area contributed by atoms with Crippen LogP contribution in [-0.4, -0.2) is 56.0 Å². The summed E-state index contributed by atoms with van der Waals surface area (Å²) < 4.78 is 0. The van der Waals surface area contributed by atoms with Crippen molar-refractivity contribution in [2.24, 2.45) is 17.6 Å². The molecule has 0 fully saturated rings. The molecule has 0 saturated carbocycles. The zero-order valence-electron chi connectivity index (χ0n) is 13.5. The largest absolute Gasteiger partial charge is 0.343 e. The molecule has 0 aliphatic carbocycles. The van der Waals surface area contributed by atoms with E-state index in [-0.39, 0.29) is 5.91 Å². The molecule has 1 amide bonds. The van der Waals surface area contributed by atoms with E-state index in [1.54, 1.807) is 0 Å². The molecule has 0 aliphatic heterocycles. The maximum absolute atomic E-state index is 12.3. The lowest BCUT2D eigenvalue weighted by Crippen LogP contribution is -2.35. The average molecular weight is 271 g/mol. The molecule has 1 atom stereocenters. The van der Waals surface area contributed by atoms with Crippen molar-refractivity contribution in [3.8, 4) is 0 Å². The summed E-state index contributed by atoms with van der Waals surface area (Å²) >= 11 is 0. The van der Waals surface area contributed by atoms with Gasteiger partial charge in [0.2, 0.25) is 5.91 Å². The number of hydrogen-bond donors (Lipinski definition) is 1. The topological polar surface area (TPSA) is 49.6 Å². The van der Waals surface area contributed by atoms with E-state index < -0.39 is 0 Å². The van der Waals surface area contributed by atoms with Crippen LogP contribution in [0.5, 0.6) is 0 Å². The van der Waals surface area contributed by atoms with Crippen LogP contribution in [0.1, 0.15) is 40.0 Å². The van der Waals surface area contributed by atoms with Gasteiger partial charge in [-0.3, -0.25) is 4.79 Å². The van der Waals surface area contributed by atoms with Crippen LogP contribution in [0.2, 0.25) is 0 Å². The summed E-state index contributed by atoms with van der Waals surface area (Å²) in [6.45, 7) is 9.70. The lowest BCUT2D eigenvalue weighted by molar-refractivity contribution is -0.132. The third-order valence-electron chi connectivity index (χ3n) is 3.37. The molecule has 0 bridgehead atoms. The number of rotatable bonds is 10. The molecule has 4 nitrogen and oxygen atoms in total. The first kappa shape index (κ1) is 18.4. The number of hydrogen-bond acceptors (Lipinski definition) is 3. The highest BCUT2D eigenvalue weighted by molar-refractivity contribution is 5.76. The SMILES string of the molecule is CCN(CCCN(C)C)C(=O)C[C@@H](CN)CC(C)C. The Kier molecular flexibility index (Phi) is 9.88. The van der Waals surface area contributed by atoms with Crippen molar-refractivity contribution in [2.75, 3.05) is 40.3 Å². The molecule has 0 spiro atoms. The van der Waals surface area contributed by atoms with Crippen LogP contribution in [0.15, 0.2) is 0 Å². The van der Waals surface area contributed by atoms with E-state index in [1.165, 1.54) is 0 Å². The van der Waals surface area contributed by atoms with Gasteiger partial charge in [-0.25, -0.2) is 0 Å². The number of nitrogens with zero attached hydrogens (tertiary/aromatic N) is 2. The van der Waals surface area contributed by atoms with Gasteiger partial charge in [-0.15, -0.1) is 0 Å². The summed E-state index contributed by atoms with van der Waals surface area (Å²) in [5.74, 6) is 1.19. The molecule has 114 valence electrons. The second-order valence-corrected chi connectivity index (χ2v) is 6.07. The molecule has 0 heterocycles. The first-order chi connectivity index (χ1) is 8.90. The minimum Gasteiger partial charge on any atom is -0.343 e. The second-order valence-electron chi connectivity index (χ2n) is 6.07. The van der Waals surface area contributed by atoms with E-state index in [2.05, 4.69) is 32.8 Å². The molecule has 0 aliphatic rings. The van der Waals surface area contributed by atoms with E-state index in [1.807, 2.05) is 11.8 Å². The predicted octanol–water partition coefficient (Wildman–Crippen LogP) is 1.80. The number of amides is 1. The summed E-state index contributed by atoms with van der Waals surface area (Å²) in [5.41, 5.74) is 5.77. The van der Waals surface area contributed by atoms with Crippen LogP contribution in [0, 0.1) is 11.8 Å². The fraction of sp³-hybridized carbons (Fsp3) is 0.933. The molecule has 0 unspecified atom stereocenters. The summed E-state index contributed by atoms with van der Waals surface area (Å²) in [6, 6.07) is 0. The van der Waals surface area contributed by atoms with Crippen LogP contribution in [-0.2, 0) is 4.79 Å². The minimum absolute atomic E-state index is 0.261. The Balaban J connectivity index is 4.17. The van der Waals surface area contributed by atoms with E-state index in [9.17, 15) is 4.79 Å². The first-order valence-corrected chi connectivity index (χ1v) is 7.53. The van der Waals surface area contributed by atoms with Crippen molar-refractivity contribution >= 4 is 5.91 Å². The van der Waals surface area contributed by atoms with Gasteiger partial charge in [0.25, 0.3) is 0 Å². The molecule has 0 aromatic carbocycles. The van der Waals surface area contributed by atoms with Crippen molar-refractivity contribution in [2.45, 2.75) is 40.0 Å². The van der Waals surface area contributed by atoms with Gasteiger partial charge in [0.1, 0.15) is 0 Å². The number of nitrogens with two attached hydrogens (primary N) is 1. The summed E-state index contributed by atoms with van der Waals surface area (Å²) in [5, 5.41) is 0. The van der Waals surface area contributed by atoms with Crippen LogP contribution in [0.4, 0.5) is 0 Å². The maximum Gasteiger partial charge on any atom is 0.222 e. The molecular weight excluding hydrogens is 238 g/mol. The summed E-state index contributed by atoms with van der Waals surface area (Å²) in [7, 11) is 4.12. The molecule has 19 heavy (non-hydrogen) atoms. The highest BCUT2D eigenvalue weighted by Crippen LogP contribution is 2.15. The molecule has 2 N–H and O–H groups in total. The van der Waals surface area contributed by atoms with Crippen molar-refractivity contribution in [1.29, 1.82) is 0 Å². The summed E-state index contributed by atoms with van der Waals surface area (Å²) in [4.78, 5) is 16.4. The fourth-order valence-corrected chi connectivity index (χ4v) is 2.34. The smallest absolute Gasteiger partial charge is 0.222 e. The van der Waals surface area contributed by atoms with Gasteiger partial charge in [-0.1, -0.05) is 13.8 Å². The average Bonchev–Trinajstić information content (AvgIpc) is 2.32. The van der Waals surface area contributed by atoms with E-state index >= 15 is 0 Å². The molecule has 0 saturated heterocycles. The Morgan fingerprint density at radius 1 is 1.21 bits per heavy atom. The second kappa shape index (κ2) is 10.2. The Morgan fingerprint density at radius 2 is 1.84 bits per heavy atom. The molecule has 0 rings (SSSR count). The predicted molar refractivity (Wildman–Crippen MR) is 82.0 cm³/mol. The van der Waals surface area contributed by atoms with Crippen molar-refractivity contribution in [1.82, 2.24) is 9.80 Å². The Labute approximate surface area is 119 Å². The van der Waals surface area contributed by atoms with E-state index in [4.69, 9.17) is 5.73 Å². The number of carbonyl (C=O) groups excluding carboxylic acids is 1. The number of carbonyl (C=O) groups is 1. The standard InChI is InChI=1S/C15H33N3O/c1-6-18(9-7-8-17(4)5)15(19)11-14(12-16)10-13(2)3/h13-14H,6-12,16H2,1-5H3/t14-/m0/s1. The summed E-state index contributed by atoms with van der Waals surface area (Å²) in [6.07, 6.45) is 2.67. The fourth-order valence-electron chi connectivity index (χ4n) is 2.34. The van der Waals surface area contributed by atoms with Crippen LogP contribution < -0.4 is 5.73 Å². The highest BCUT2D eigenvalue weighted by Gasteiger charge is 2.18. The highest BCUT2D eigenvalue weighted by atomic mass is 16.2. The third-order valence-corrected chi connectivity index (χ3v) is 3.37. The zero-order chi connectivity index (χ0) is 14.8. The monoisotopic (exact) mass is 271 g/mol. The van der Waals surface area contributed by atoms with Crippen molar-refractivity contribution < 1.29 is 4.79 Å². The van der Waals surface area contributed by atoms with Crippen LogP contribution >= 0.6 is 0 Å². The molecule has 0 aromatic rings. The van der Waals surface area contributed by atoms with Gasteiger partial charge in [-0.05, 0) is 58.8 Å². The van der Waals surface area contributed by atoms with Gasteiger partial charge < -0.3 is 15.5 Å². The van der Waals surface area contributed by atoms with Gasteiger partial charge >= 0.3 is 0 Å². The lowest BCUT2D eigenvalue weighted by Gasteiger charge is -2.25. The van der Waals surface area contributed by atoms with Gasteiger partial charge in [0.15, 0.2) is 0 Å². The van der Waals surface area contributed by atoms with E-state index in [0.717, 1.165) is 32.5 Å². The molecule has 0 aromatic heterocycles. The normalized spacial score (nSPS) is 13.1. The van der Waals surface area contributed by atoms with Crippen molar-refractivity contribution in [3.63, 3.8) is 0 Å². The Morgan fingerprint density at radius 3 is 2.26 bits per heavy atom. The molecular formula is C15H33N3O. The first-order valence-electron chi connectivity index (χ1n) is 7.53. The third kappa shape index (κ3) is 9.00. The van der Waals surface area contributed by atoms with Crippen LogP contribution in [0.3, 0.4) is 0 Å². The maximum atomic E-state index is 12.3. The molecule has 0 radical (unpaired) electrons. The van der Waals surface area contributed by atoms with Gasteiger partial charge in [-0.2, -0.15) is 0 Å². The lowest BCUT2D eigenvalue weighted by atomic mass is 9.94. The van der Waals surface area contributed by atoms with Crippen molar-refractivity contribution in [3.05, 3.63) is 0 Å². The quantitative estimate of drug-likeness (QED) is 0.659. The van der Waals surface area contributed by atoms with Crippen LogP contribution in [0.25, 0.3) is 0 Å². The Bertz CT molecular complexity index is 242. The van der Waals surface area contributed by atoms with Gasteiger partial charge in [0, 0.05) is 19.5 Å². The van der Waals surface area contributed by atoms with Gasteiger partial charge in [0.05, 0.1) is 0 Å². The Hall–Kier alpha value is -0.610. The molecule has 4 heteroatoms. The minimum atomic E-state index is 0.261. The van der Waals surface area contributed by atoms with E-state index in [0.29, 0.717) is 24.8 Å². The zero-order valence-corrected chi connectivity index (χ0v) is 13.5.